The van der Waals surface area contributed by atoms with E-state index in [0.717, 1.165) is 12.2 Å². The molecule has 0 aliphatic heterocycles. The van der Waals surface area contributed by atoms with Crippen LogP contribution >= 0.6 is 0 Å². The molecule has 0 saturated carbocycles. The van der Waals surface area contributed by atoms with Gasteiger partial charge in [-0.3, -0.25) is 4.79 Å². The SMILES string of the molecule is CCC(NC)C(=O)OCCOc1ccccc1. The molecule has 0 bridgehead atoms. The van der Waals surface area contributed by atoms with E-state index < -0.39 is 0 Å². The molecule has 1 aromatic rings. The summed E-state index contributed by atoms with van der Waals surface area (Å²) in [5.41, 5.74) is 0. The third kappa shape index (κ3) is 4.87. The van der Waals surface area contributed by atoms with Gasteiger partial charge >= 0.3 is 5.97 Å². The Labute approximate surface area is 102 Å². The molecule has 0 amide bonds. The Bertz CT molecular complexity index is 323. The first-order chi connectivity index (χ1) is 8.27. The van der Waals surface area contributed by atoms with E-state index in [-0.39, 0.29) is 18.6 Å². The van der Waals surface area contributed by atoms with E-state index in [9.17, 15) is 4.79 Å². The van der Waals surface area contributed by atoms with Gasteiger partial charge in [-0.25, -0.2) is 0 Å². The van der Waals surface area contributed by atoms with Crippen molar-refractivity contribution < 1.29 is 14.3 Å². The van der Waals surface area contributed by atoms with Crippen molar-refractivity contribution in [1.82, 2.24) is 5.32 Å². The van der Waals surface area contributed by atoms with Crippen molar-refractivity contribution in [2.24, 2.45) is 0 Å². The molecule has 1 N–H and O–H groups in total. The lowest BCUT2D eigenvalue weighted by molar-refractivity contribution is -0.146. The van der Waals surface area contributed by atoms with Gasteiger partial charge < -0.3 is 14.8 Å². The lowest BCUT2D eigenvalue weighted by Gasteiger charge is -2.13. The van der Waals surface area contributed by atoms with Gasteiger partial charge in [0, 0.05) is 0 Å². The molecule has 0 fully saturated rings. The molecule has 0 heterocycles. The molecule has 17 heavy (non-hydrogen) atoms. The minimum absolute atomic E-state index is 0.230. The first-order valence-electron chi connectivity index (χ1n) is 5.79. The highest BCUT2D eigenvalue weighted by molar-refractivity contribution is 5.75. The first-order valence-corrected chi connectivity index (χ1v) is 5.79. The lowest BCUT2D eigenvalue weighted by Crippen LogP contribution is -2.35. The topological polar surface area (TPSA) is 47.6 Å². The fraction of sp³-hybridized carbons (Fsp3) is 0.462. The van der Waals surface area contributed by atoms with Crippen molar-refractivity contribution in [3.05, 3.63) is 30.3 Å². The van der Waals surface area contributed by atoms with E-state index in [1.165, 1.54) is 0 Å². The van der Waals surface area contributed by atoms with Crippen LogP contribution in [0.2, 0.25) is 0 Å². The highest BCUT2D eigenvalue weighted by Crippen LogP contribution is 2.07. The van der Waals surface area contributed by atoms with E-state index in [2.05, 4.69) is 5.32 Å². The molecule has 1 unspecified atom stereocenters. The lowest BCUT2D eigenvalue weighted by atomic mass is 10.2. The zero-order valence-corrected chi connectivity index (χ0v) is 10.3. The van der Waals surface area contributed by atoms with Crippen molar-refractivity contribution in [3.8, 4) is 5.75 Å². The van der Waals surface area contributed by atoms with Gasteiger partial charge in [0.05, 0.1) is 0 Å². The van der Waals surface area contributed by atoms with Crippen LogP contribution in [0.3, 0.4) is 0 Å². The number of para-hydroxylation sites is 1. The van der Waals surface area contributed by atoms with Crippen molar-refractivity contribution in [3.63, 3.8) is 0 Å². The van der Waals surface area contributed by atoms with Gasteiger partial charge in [-0.2, -0.15) is 0 Å². The van der Waals surface area contributed by atoms with Crippen LogP contribution in [-0.4, -0.2) is 32.3 Å². The van der Waals surface area contributed by atoms with Gasteiger partial charge in [-0.1, -0.05) is 25.1 Å². The fourth-order valence-corrected chi connectivity index (χ4v) is 1.41. The highest BCUT2D eigenvalue weighted by atomic mass is 16.6. The highest BCUT2D eigenvalue weighted by Gasteiger charge is 2.14. The summed E-state index contributed by atoms with van der Waals surface area (Å²) in [6.07, 6.45) is 0.717. The van der Waals surface area contributed by atoms with Crippen LogP contribution in [0, 0.1) is 0 Å². The Morgan fingerprint density at radius 3 is 2.59 bits per heavy atom. The van der Waals surface area contributed by atoms with Gasteiger partial charge in [-0.05, 0) is 25.6 Å². The van der Waals surface area contributed by atoms with E-state index in [1.807, 2.05) is 37.3 Å². The van der Waals surface area contributed by atoms with Gasteiger partial charge in [0.2, 0.25) is 0 Å². The number of esters is 1. The van der Waals surface area contributed by atoms with E-state index in [4.69, 9.17) is 9.47 Å². The van der Waals surface area contributed by atoms with Crippen molar-refractivity contribution >= 4 is 5.97 Å². The van der Waals surface area contributed by atoms with Gasteiger partial charge in [0.1, 0.15) is 25.0 Å². The summed E-state index contributed by atoms with van der Waals surface area (Å²) in [5.74, 6) is 0.552. The second kappa shape index (κ2) is 7.68. The average molecular weight is 237 g/mol. The summed E-state index contributed by atoms with van der Waals surface area (Å²) in [6.45, 7) is 2.57. The molecular formula is C13H19NO3. The van der Waals surface area contributed by atoms with Crippen LogP contribution < -0.4 is 10.1 Å². The van der Waals surface area contributed by atoms with Crippen LogP contribution in [-0.2, 0) is 9.53 Å². The fourth-order valence-electron chi connectivity index (χ4n) is 1.41. The molecule has 1 aromatic carbocycles. The normalized spacial score (nSPS) is 11.9. The van der Waals surface area contributed by atoms with Crippen molar-refractivity contribution in [1.29, 1.82) is 0 Å². The third-order valence-electron chi connectivity index (χ3n) is 2.38. The minimum atomic E-state index is -0.230. The third-order valence-corrected chi connectivity index (χ3v) is 2.38. The number of carbonyl (C=O) groups is 1. The Morgan fingerprint density at radius 1 is 1.29 bits per heavy atom. The molecule has 0 aliphatic rings. The summed E-state index contributed by atoms with van der Waals surface area (Å²) in [4.78, 5) is 11.5. The number of hydrogen-bond acceptors (Lipinski definition) is 4. The molecule has 0 saturated heterocycles. The average Bonchev–Trinajstić information content (AvgIpc) is 2.37. The zero-order chi connectivity index (χ0) is 12.5. The van der Waals surface area contributed by atoms with Crippen LogP contribution in [0.1, 0.15) is 13.3 Å². The van der Waals surface area contributed by atoms with E-state index >= 15 is 0 Å². The quantitative estimate of drug-likeness (QED) is 0.578. The number of ether oxygens (including phenoxy) is 2. The van der Waals surface area contributed by atoms with Gasteiger partial charge in [-0.15, -0.1) is 0 Å². The first kappa shape index (κ1) is 13.5. The molecular weight excluding hydrogens is 218 g/mol. The largest absolute Gasteiger partial charge is 0.490 e. The van der Waals surface area contributed by atoms with Gasteiger partial charge in [0.15, 0.2) is 0 Å². The molecule has 1 atom stereocenters. The molecule has 0 spiro atoms. The van der Waals surface area contributed by atoms with Gasteiger partial charge in [0.25, 0.3) is 0 Å². The monoisotopic (exact) mass is 237 g/mol. The predicted molar refractivity (Wildman–Crippen MR) is 66.0 cm³/mol. The molecule has 0 aliphatic carbocycles. The van der Waals surface area contributed by atoms with Crippen LogP contribution in [0.25, 0.3) is 0 Å². The number of rotatable bonds is 7. The second-order valence-electron chi connectivity index (χ2n) is 3.58. The number of nitrogens with one attached hydrogen (secondary N) is 1. The number of carbonyl (C=O) groups excluding carboxylic acids is 1. The Hall–Kier alpha value is -1.55. The summed E-state index contributed by atoms with van der Waals surface area (Å²) in [5, 5.41) is 2.89. The van der Waals surface area contributed by atoms with E-state index in [1.54, 1.807) is 7.05 Å². The molecule has 94 valence electrons. The summed E-state index contributed by atoms with van der Waals surface area (Å²) in [7, 11) is 1.75. The predicted octanol–water partition coefficient (Wildman–Crippen LogP) is 1.61. The molecule has 4 nitrogen and oxygen atoms in total. The number of benzene rings is 1. The number of likely N-dealkylation sites (N-methyl/N-ethyl adjacent to an activating group) is 1. The Morgan fingerprint density at radius 2 is 2.00 bits per heavy atom. The van der Waals surface area contributed by atoms with Crippen LogP contribution in [0.4, 0.5) is 0 Å². The molecule has 4 heteroatoms. The minimum Gasteiger partial charge on any atom is -0.490 e. The maximum absolute atomic E-state index is 11.5. The molecule has 0 aromatic heterocycles. The standard InChI is InChI=1S/C13H19NO3/c1-3-12(14-2)13(15)17-10-9-16-11-7-5-4-6-8-11/h4-8,12,14H,3,9-10H2,1-2H3. The van der Waals surface area contributed by atoms with E-state index in [0.29, 0.717) is 6.61 Å². The summed E-state index contributed by atoms with van der Waals surface area (Å²) < 4.78 is 10.5. The summed E-state index contributed by atoms with van der Waals surface area (Å²) in [6, 6.07) is 9.22. The second-order valence-corrected chi connectivity index (χ2v) is 3.58. The van der Waals surface area contributed by atoms with Crippen molar-refractivity contribution in [2.75, 3.05) is 20.3 Å². The smallest absolute Gasteiger partial charge is 0.323 e. The zero-order valence-electron chi connectivity index (χ0n) is 10.3. The maximum Gasteiger partial charge on any atom is 0.323 e. The molecule has 1 rings (SSSR count). The molecule has 0 radical (unpaired) electrons. The number of hydrogen-bond donors (Lipinski definition) is 1. The van der Waals surface area contributed by atoms with Crippen molar-refractivity contribution in [2.45, 2.75) is 19.4 Å². The Kier molecular flexibility index (Phi) is 6.10. The van der Waals surface area contributed by atoms with Crippen LogP contribution in [0.5, 0.6) is 5.75 Å². The van der Waals surface area contributed by atoms with Crippen LogP contribution in [0.15, 0.2) is 30.3 Å². The summed E-state index contributed by atoms with van der Waals surface area (Å²) >= 11 is 0. The Balaban J connectivity index is 2.18. The maximum atomic E-state index is 11.5.